The summed E-state index contributed by atoms with van der Waals surface area (Å²) in [6, 6.07) is 36.1. The highest BCUT2D eigenvalue weighted by molar-refractivity contribution is 6.24. The minimum Gasteiger partial charge on any atom is -0.335 e. The predicted octanol–water partition coefficient (Wildman–Crippen LogP) is 12.1. The van der Waals surface area contributed by atoms with E-state index in [4.69, 9.17) is 0 Å². The summed E-state index contributed by atoms with van der Waals surface area (Å²) in [6.07, 6.45) is 20.9. The Bertz CT molecular complexity index is 2360. The lowest BCUT2D eigenvalue weighted by Gasteiger charge is -2.34. The van der Waals surface area contributed by atoms with Gasteiger partial charge in [0.1, 0.15) is 0 Å². The van der Waals surface area contributed by atoms with E-state index in [0.717, 1.165) is 25.7 Å². The van der Waals surface area contributed by atoms with Crippen molar-refractivity contribution in [1.82, 2.24) is 9.13 Å². The number of allylic oxidation sites excluding steroid dienone is 9. The lowest BCUT2D eigenvalue weighted by Crippen LogP contribution is -2.32. The third-order valence-electron chi connectivity index (χ3n) is 10.6. The maximum absolute atomic E-state index is 2.76. The minimum atomic E-state index is 0.358. The van der Waals surface area contributed by atoms with E-state index in [2.05, 4.69) is 161 Å². The molecule has 48 heavy (non-hydrogen) atoms. The van der Waals surface area contributed by atoms with Crippen LogP contribution in [0.2, 0.25) is 0 Å². The van der Waals surface area contributed by atoms with Crippen LogP contribution in [0.3, 0.4) is 0 Å². The monoisotopic (exact) mass is 623 g/mol. The molecule has 2 aliphatic carbocycles. The van der Waals surface area contributed by atoms with Gasteiger partial charge in [-0.15, -0.1) is 0 Å². The van der Waals surface area contributed by atoms with Gasteiger partial charge in [0.05, 0.1) is 33.8 Å². The van der Waals surface area contributed by atoms with E-state index in [1.54, 1.807) is 0 Å². The summed E-state index contributed by atoms with van der Waals surface area (Å²) in [5, 5.41) is 2.57. The molecule has 1 aliphatic heterocycles. The highest BCUT2D eigenvalue weighted by atomic mass is 15.2. The molecule has 1 atom stereocenters. The third kappa shape index (κ3) is 4.34. The average Bonchev–Trinajstić information content (AvgIpc) is 3.79. The number of benzene rings is 4. The molecule has 3 heterocycles. The van der Waals surface area contributed by atoms with Gasteiger partial charge in [-0.1, -0.05) is 104 Å². The summed E-state index contributed by atoms with van der Waals surface area (Å²) < 4.78 is 5.09. The predicted molar refractivity (Wildman–Crippen MR) is 205 cm³/mol. The smallest absolute Gasteiger partial charge is 0.0804 e. The zero-order chi connectivity index (χ0) is 32.2. The van der Waals surface area contributed by atoms with Crippen molar-refractivity contribution in [2.45, 2.75) is 58.4 Å². The topological polar surface area (TPSA) is 13.1 Å². The number of aromatic nitrogens is 2. The lowest BCUT2D eigenvalue weighted by molar-refractivity contribution is 0.636. The summed E-state index contributed by atoms with van der Waals surface area (Å²) in [6.45, 7) is 4.37. The second-order valence-corrected chi connectivity index (χ2v) is 13.3. The summed E-state index contributed by atoms with van der Waals surface area (Å²) in [5.74, 6) is 0. The molecule has 0 spiro atoms. The molecule has 2 aromatic heterocycles. The lowest BCUT2D eigenvalue weighted by atomic mass is 9.91. The van der Waals surface area contributed by atoms with Crippen molar-refractivity contribution in [3.63, 3.8) is 0 Å². The fourth-order valence-corrected chi connectivity index (χ4v) is 8.55. The first-order valence-electron chi connectivity index (χ1n) is 17.7. The van der Waals surface area contributed by atoms with Gasteiger partial charge < -0.3 is 14.0 Å². The maximum atomic E-state index is 2.76. The molecule has 0 radical (unpaired) electrons. The highest BCUT2D eigenvalue weighted by Gasteiger charge is 2.40. The summed E-state index contributed by atoms with van der Waals surface area (Å²) >= 11 is 0. The van der Waals surface area contributed by atoms with Gasteiger partial charge in [-0.3, -0.25) is 0 Å². The molecular weight excluding hydrogens is 583 g/mol. The van der Waals surface area contributed by atoms with E-state index in [0.29, 0.717) is 6.04 Å². The second-order valence-electron chi connectivity index (χ2n) is 13.3. The number of para-hydroxylation sites is 2. The number of nitrogens with zero attached hydrogens (tertiary/aromatic N) is 3. The Labute approximate surface area is 283 Å². The zero-order valence-corrected chi connectivity index (χ0v) is 27.9. The third-order valence-corrected chi connectivity index (χ3v) is 10.6. The minimum absolute atomic E-state index is 0.358. The first-order valence-corrected chi connectivity index (χ1v) is 17.7. The van der Waals surface area contributed by atoms with E-state index in [1.165, 1.54) is 90.7 Å². The SMILES string of the molecule is C/C=C(\C=C/CC)n1c2ccccc2c2c1c1ccc3c(c1n2-c1ccccc1)N(C1=CC(c2ccccc2)=CCC1)C1CCCC=C31. The van der Waals surface area contributed by atoms with Gasteiger partial charge in [-0.25, -0.2) is 0 Å². The van der Waals surface area contributed by atoms with Crippen LogP contribution < -0.4 is 4.90 Å². The van der Waals surface area contributed by atoms with E-state index < -0.39 is 0 Å². The van der Waals surface area contributed by atoms with Gasteiger partial charge in [0.15, 0.2) is 0 Å². The van der Waals surface area contributed by atoms with Crippen LogP contribution >= 0.6 is 0 Å². The van der Waals surface area contributed by atoms with Crippen LogP contribution in [0.15, 0.2) is 139 Å². The van der Waals surface area contributed by atoms with Gasteiger partial charge in [-0.2, -0.15) is 0 Å². The Morgan fingerprint density at radius 1 is 0.792 bits per heavy atom. The summed E-state index contributed by atoms with van der Waals surface area (Å²) in [4.78, 5) is 2.76. The number of hydrogen-bond acceptors (Lipinski definition) is 1. The molecule has 4 aromatic carbocycles. The first-order chi connectivity index (χ1) is 23.8. The standard InChI is InChI=1S/C45H41N3/c1-3-5-20-33(4-2)46-41-27-15-13-25-38(41)43-44(46)39-29-28-37-36-24-12-14-26-40(36)47(42(37)45(39)48(43)34-21-10-7-11-22-34)35-23-16-19-32(30-35)31-17-8-6-9-18-31/h4-11,13,15,17-22,24-25,27-30,40H,3,12,14,16,23,26H2,1-2H3/b20-5-,33-4+. The zero-order valence-electron chi connectivity index (χ0n) is 27.9. The van der Waals surface area contributed by atoms with Gasteiger partial charge >= 0.3 is 0 Å². The normalized spacial score (nSPS) is 18.0. The van der Waals surface area contributed by atoms with E-state index >= 15 is 0 Å². The Morgan fingerprint density at radius 2 is 1.58 bits per heavy atom. The molecule has 1 unspecified atom stereocenters. The Morgan fingerprint density at radius 3 is 2.40 bits per heavy atom. The van der Waals surface area contributed by atoms with Crippen molar-refractivity contribution in [1.29, 1.82) is 0 Å². The summed E-state index contributed by atoms with van der Waals surface area (Å²) in [7, 11) is 0. The number of hydrogen-bond donors (Lipinski definition) is 0. The molecule has 0 fully saturated rings. The van der Waals surface area contributed by atoms with Crippen LogP contribution in [-0.2, 0) is 0 Å². The molecule has 236 valence electrons. The van der Waals surface area contributed by atoms with Crippen molar-refractivity contribution < 1.29 is 0 Å². The van der Waals surface area contributed by atoms with Gasteiger partial charge in [0.2, 0.25) is 0 Å². The number of anilines is 1. The van der Waals surface area contributed by atoms with Crippen LogP contribution in [0, 0.1) is 0 Å². The average molecular weight is 624 g/mol. The molecule has 3 heteroatoms. The molecule has 0 saturated heterocycles. The number of rotatable bonds is 6. The highest BCUT2D eigenvalue weighted by Crippen LogP contribution is 2.54. The van der Waals surface area contributed by atoms with Crippen molar-refractivity contribution >= 4 is 55.4 Å². The Hall–Kier alpha value is -5.28. The largest absolute Gasteiger partial charge is 0.335 e. The number of fused-ring (bicyclic) bond motifs is 9. The van der Waals surface area contributed by atoms with Gasteiger partial charge in [0, 0.05) is 33.4 Å². The van der Waals surface area contributed by atoms with Crippen LogP contribution in [0.1, 0.15) is 63.5 Å². The Kier molecular flexibility index (Phi) is 7.08. The van der Waals surface area contributed by atoms with E-state index in [-0.39, 0.29) is 0 Å². The van der Waals surface area contributed by atoms with Crippen molar-refractivity contribution in [2.75, 3.05) is 4.90 Å². The summed E-state index contributed by atoms with van der Waals surface area (Å²) in [5.41, 5.74) is 15.8. The maximum Gasteiger partial charge on any atom is 0.0804 e. The van der Waals surface area contributed by atoms with Crippen molar-refractivity contribution in [2.24, 2.45) is 0 Å². The molecule has 3 aliphatic rings. The quantitative estimate of drug-likeness (QED) is 0.168. The molecular formula is C45H41N3. The van der Waals surface area contributed by atoms with Crippen molar-refractivity contribution in [3.8, 4) is 5.69 Å². The fourth-order valence-electron chi connectivity index (χ4n) is 8.55. The van der Waals surface area contributed by atoms with Crippen LogP contribution in [0.5, 0.6) is 0 Å². The first kappa shape index (κ1) is 28.9. The van der Waals surface area contributed by atoms with Crippen molar-refractivity contribution in [3.05, 3.63) is 150 Å². The van der Waals surface area contributed by atoms with Crippen LogP contribution in [0.25, 0.3) is 55.4 Å². The van der Waals surface area contributed by atoms with Crippen LogP contribution in [-0.4, -0.2) is 15.2 Å². The molecule has 0 bridgehead atoms. The van der Waals surface area contributed by atoms with Gasteiger partial charge in [0.25, 0.3) is 0 Å². The molecule has 0 saturated carbocycles. The van der Waals surface area contributed by atoms with E-state index in [1.807, 2.05) is 0 Å². The molecule has 0 amide bonds. The Balaban J connectivity index is 1.41. The molecule has 9 rings (SSSR count). The molecule has 0 N–H and O–H groups in total. The van der Waals surface area contributed by atoms with E-state index in [9.17, 15) is 0 Å². The van der Waals surface area contributed by atoms with Crippen LogP contribution in [0.4, 0.5) is 5.69 Å². The fraction of sp³-hybridized carbons (Fsp3) is 0.200. The second kappa shape index (κ2) is 11.8. The van der Waals surface area contributed by atoms with Gasteiger partial charge in [-0.05, 0) is 98.6 Å². The molecule has 3 nitrogen and oxygen atoms in total. The molecule has 6 aromatic rings.